The summed E-state index contributed by atoms with van der Waals surface area (Å²) in [5.41, 5.74) is 15.4. The zero-order valence-electron chi connectivity index (χ0n) is 30.4. The molecule has 0 amide bonds. The Labute approximate surface area is 328 Å². The summed E-state index contributed by atoms with van der Waals surface area (Å²) in [5.74, 6) is 0. The van der Waals surface area contributed by atoms with Gasteiger partial charge in [-0.05, 0) is 123 Å². The van der Waals surface area contributed by atoms with Crippen LogP contribution < -0.4 is 0 Å². The van der Waals surface area contributed by atoms with Crippen LogP contribution in [0.2, 0.25) is 0 Å². The van der Waals surface area contributed by atoms with Crippen LogP contribution >= 0.6 is 11.3 Å². The number of fused-ring (bicyclic) bond motifs is 13. The minimum Gasteiger partial charge on any atom is -0.135 e. The summed E-state index contributed by atoms with van der Waals surface area (Å²) < 4.78 is 2.68. The van der Waals surface area contributed by atoms with E-state index in [1.54, 1.807) is 0 Å². The van der Waals surface area contributed by atoms with Gasteiger partial charge in [-0.2, -0.15) is 0 Å². The molecule has 1 aromatic heterocycles. The van der Waals surface area contributed by atoms with Crippen molar-refractivity contribution in [2.45, 2.75) is 5.41 Å². The zero-order valence-corrected chi connectivity index (χ0v) is 31.2. The number of benzene rings is 10. The molecule has 258 valence electrons. The Balaban J connectivity index is 0.976. The SMILES string of the molecule is c1cc(-c2cccc(-c3cccc4c3sc3ccccc34)c2)cc(-c2ccc3c(c2)c2cccc4c2c2c(cccc32)C42c3ccccc3-c3ccccc32)c1. The van der Waals surface area contributed by atoms with Crippen molar-refractivity contribution >= 4 is 63.8 Å². The molecular weight excluding hydrogens is 693 g/mol. The highest BCUT2D eigenvalue weighted by Gasteiger charge is 2.50. The molecule has 0 saturated heterocycles. The van der Waals surface area contributed by atoms with Gasteiger partial charge in [0.15, 0.2) is 0 Å². The zero-order chi connectivity index (χ0) is 36.5. The van der Waals surface area contributed by atoms with Gasteiger partial charge in [0.05, 0.1) is 5.41 Å². The van der Waals surface area contributed by atoms with Gasteiger partial charge < -0.3 is 0 Å². The second-order valence-electron chi connectivity index (χ2n) is 15.5. The van der Waals surface area contributed by atoms with E-state index in [0.29, 0.717) is 0 Å². The second-order valence-corrected chi connectivity index (χ2v) is 16.6. The van der Waals surface area contributed by atoms with Gasteiger partial charge in [-0.1, -0.05) is 170 Å². The van der Waals surface area contributed by atoms with Crippen molar-refractivity contribution in [3.8, 4) is 44.5 Å². The summed E-state index contributed by atoms with van der Waals surface area (Å²) in [6.07, 6.45) is 0. The largest absolute Gasteiger partial charge is 0.135 e. The van der Waals surface area contributed by atoms with Crippen LogP contribution in [0.15, 0.2) is 194 Å². The number of rotatable bonds is 3. The van der Waals surface area contributed by atoms with E-state index in [1.807, 2.05) is 11.3 Å². The predicted octanol–water partition coefficient (Wildman–Crippen LogP) is 15.2. The van der Waals surface area contributed by atoms with Crippen molar-refractivity contribution in [3.63, 3.8) is 0 Å². The normalized spacial score (nSPS) is 13.5. The highest BCUT2D eigenvalue weighted by atomic mass is 32.1. The number of thiophene rings is 1. The Morgan fingerprint density at radius 2 is 0.768 bits per heavy atom. The van der Waals surface area contributed by atoms with Crippen LogP contribution in [-0.2, 0) is 5.41 Å². The van der Waals surface area contributed by atoms with Gasteiger partial charge in [-0.3, -0.25) is 0 Å². The standard InChI is InChI=1S/C55H32S/c1-4-23-47-40(16-1)41-17-2-5-24-48(41)55(47)49-25-10-20-43-39-29-28-36(32-46(39)44-21-11-26-50(55)53(44)52(43)49)34-13-7-12-33(30-34)35-14-8-15-37(31-35)38-19-9-22-45-42-18-3-6-27-51(42)56-54(38)45/h1-32H. The first kappa shape index (κ1) is 30.5. The summed E-state index contributed by atoms with van der Waals surface area (Å²) in [7, 11) is 0. The molecule has 11 aromatic rings. The summed E-state index contributed by atoms with van der Waals surface area (Å²) in [5, 5.41) is 10.8. The molecule has 2 aliphatic carbocycles. The fraction of sp³-hybridized carbons (Fsp3) is 0.0182. The average molecular weight is 725 g/mol. The summed E-state index contributed by atoms with van der Waals surface area (Å²) >= 11 is 1.89. The maximum absolute atomic E-state index is 2.44. The third-order valence-electron chi connectivity index (χ3n) is 12.8. The molecule has 0 N–H and O–H groups in total. The molecule has 56 heavy (non-hydrogen) atoms. The minimum absolute atomic E-state index is 0.333. The molecule has 0 saturated carbocycles. The van der Waals surface area contributed by atoms with Crippen LogP contribution in [0.25, 0.3) is 97.0 Å². The van der Waals surface area contributed by atoms with Crippen LogP contribution in [0.5, 0.6) is 0 Å². The maximum atomic E-state index is 2.44. The third kappa shape index (κ3) is 3.88. The van der Waals surface area contributed by atoms with E-state index in [-0.39, 0.29) is 5.41 Å². The van der Waals surface area contributed by atoms with Crippen molar-refractivity contribution in [2.24, 2.45) is 0 Å². The van der Waals surface area contributed by atoms with Gasteiger partial charge in [-0.15, -0.1) is 11.3 Å². The molecule has 0 atom stereocenters. The van der Waals surface area contributed by atoms with E-state index in [2.05, 4.69) is 194 Å². The molecule has 1 spiro atoms. The average Bonchev–Trinajstić information content (AvgIpc) is 3.91. The lowest BCUT2D eigenvalue weighted by molar-refractivity contribution is 0.797. The van der Waals surface area contributed by atoms with E-state index in [1.165, 1.54) is 119 Å². The molecule has 10 aromatic carbocycles. The molecule has 0 nitrogen and oxygen atoms in total. The molecule has 2 aliphatic rings. The Hall–Kier alpha value is -6.80. The second kappa shape index (κ2) is 11.1. The highest BCUT2D eigenvalue weighted by molar-refractivity contribution is 7.26. The quantitative estimate of drug-likeness (QED) is 0.159. The van der Waals surface area contributed by atoms with Crippen LogP contribution in [-0.4, -0.2) is 0 Å². The number of hydrogen-bond donors (Lipinski definition) is 0. The molecule has 0 unspecified atom stereocenters. The Kier molecular flexibility index (Phi) is 6.07. The topological polar surface area (TPSA) is 0 Å². The molecule has 1 heteroatoms. The first-order chi connectivity index (χ1) is 27.8. The summed E-state index contributed by atoms with van der Waals surface area (Å²) in [6, 6.07) is 73.0. The van der Waals surface area contributed by atoms with Crippen LogP contribution in [0, 0.1) is 0 Å². The van der Waals surface area contributed by atoms with Gasteiger partial charge in [0.2, 0.25) is 0 Å². The van der Waals surface area contributed by atoms with Crippen molar-refractivity contribution in [1.82, 2.24) is 0 Å². The Bertz CT molecular complexity index is 3440. The third-order valence-corrected chi connectivity index (χ3v) is 14.1. The van der Waals surface area contributed by atoms with Crippen molar-refractivity contribution in [3.05, 3.63) is 216 Å². The summed E-state index contributed by atoms with van der Waals surface area (Å²) in [6.45, 7) is 0. The lowest BCUT2D eigenvalue weighted by atomic mass is 9.70. The molecule has 0 fully saturated rings. The Morgan fingerprint density at radius 3 is 1.48 bits per heavy atom. The van der Waals surface area contributed by atoms with Gasteiger partial charge in [0.25, 0.3) is 0 Å². The van der Waals surface area contributed by atoms with Gasteiger partial charge in [-0.25, -0.2) is 0 Å². The maximum Gasteiger partial charge on any atom is 0.0725 e. The van der Waals surface area contributed by atoms with E-state index in [4.69, 9.17) is 0 Å². The molecule has 0 bridgehead atoms. The van der Waals surface area contributed by atoms with Crippen molar-refractivity contribution in [2.75, 3.05) is 0 Å². The molecule has 13 rings (SSSR count). The van der Waals surface area contributed by atoms with E-state index < -0.39 is 0 Å². The first-order valence-corrected chi connectivity index (χ1v) is 20.3. The van der Waals surface area contributed by atoms with E-state index in [9.17, 15) is 0 Å². The molecule has 0 aliphatic heterocycles. The van der Waals surface area contributed by atoms with Crippen molar-refractivity contribution in [1.29, 1.82) is 0 Å². The van der Waals surface area contributed by atoms with Gasteiger partial charge in [0.1, 0.15) is 0 Å². The first-order valence-electron chi connectivity index (χ1n) is 19.5. The fourth-order valence-electron chi connectivity index (χ4n) is 10.6. The minimum atomic E-state index is -0.333. The lowest BCUT2D eigenvalue weighted by Gasteiger charge is -2.30. The highest BCUT2D eigenvalue weighted by Crippen LogP contribution is 2.63. The van der Waals surface area contributed by atoms with Gasteiger partial charge >= 0.3 is 0 Å². The van der Waals surface area contributed by atoms with Crippen molar-refractivity contribution < 1.29 is 0 Å². The smallest absolute Gasteiger partial charge is 0.0725 e. The molecule has 1 heterocycles. The van der Waals surface area contributed by atoms with Crippen LogP contribution in [0.3, 0.4) is 0 Å². The number of hydrogen-bond acceptors (Lipinski definition) is 1. The lowest BCUT2D eigenvalue weighted by Crippen LogP contribution is -2.25. The Morgan fingerprint density at radius 1 is 0.286 bits per heavy atom. The fourth-order valence-corrected chi connectivity index (χ4v) is 11.8. The summed E-state index contributed by atoms with van der Waals surface area (Å²) in [4.78, 5) is 0. The predicted molar refractivity (Wildman–Crippen MR) is 239 cm³/mol. The monoisotopic (exact) mass is 724 g/mol. The molecular formula is C55H32S. The van der Waals surface area contributed by atoms with Gasteiger partial charge in [0, 0.05) is 20.2 Å². The van der Waals surface area contributed by atoms with E-state index >= 15 is 0 Å². The van der Waals surface area contributed by atoms with Crippen LogP contribution in [0.4, 0.5) is 0 Å². The van der Waals surface area contributed by atoms with Crippen LogP contribution in [0.1, 0.15) is 22.3 Å². The van der Waals surface area contributed by atoms with E-state index in [0.717, 1.165) is 0 Å². The molecule has 0 radical (unpaired) electrons.